The molecule has 0 aromatic carbocycles. The van der Waals surface area contributed by atoms with Crippen molar-refractivity contribution < 1.29 is 48.6 Å². The number of nitrogens with two attached hydrogens (primary N) is 4. The lowest BCUT2D eigenvalue weighted by atomic mass is 10.1. The molecule has 4 atom stereocenters. The van der Waals surface area contributed by atoms with E-state index in [-0.39, 0.29) is 50.3 Å². The van der Waals surface area contributed by atoms with E-state index in [2.05, 4.69) is 42.5 Å². The van der Waals surface area contributed by atoms with E-state index < -0.39 is 71.5 Å². The summed E-state index contributed by atoms with van der Waals surface area (Å²) < 4.78 is 0. The second-order valence-electron chi connectivity index (χ2n) is 13.1. The number of hydrogen-bond acceptors (Lipinski definition) is 16. The topological polar surface area (TPSA) is 377 Å². The summed E-state index contributed by atoms with van der Waals surface area (Å²) in [6.45, 7) is 4.21. The molecule has 0 aromatic rings. The maximum absolute atomic E-state index is 13.1. The van der Waals surface area contributed by atoms with Crippen LogP contribution in [0.15, 0.2) is 0 Å². The Morgan fingerprint density at radius 3 is 1.19 bits per heavy atom. The number of nitrogens with one attached hydrogen (secondary N) is 8. The van der Waals surface area contributed by atoms with Crippen molar-refractivity contribution in [2.24, 2.45) is 22.9 Å². The number of unbranched alkanes of at least 4 members (excludes halogenated alkanes) is 2. The van der Waals surface area contributed by atoms with Crippen LogP contribution in [0.1, 0.15) is 64.2 Å². The first-order valence-corrected chi connectivity index (χ1v) is 21.9. The Kier molecular flexibility index (Phi) is 32.9. The zero-order chi connectivity index (χ0) is 43.6. The number of amides is 6. The molecule has 6 amide bonds. The number of rotatable bonds is 37. The summed E-state index contributed by atoms with van der Waals surface area (Å²) in [5.41, 5.74) is 21.9. The van der Waals surface area contributed by atoms with E-state index in [1.807, 2.05) is 0 Å². The minimum atomic E-state index is -1.30. The molecule has 0 spiro atoms. The monoisotopic (exact) mass is 866 g/mol. The molecule has 0 bridgehead atoms. The van der Waals surface area contributed by atoms with Gasteiger partial charge in [0.15, 0.2) is 0 Å². The van der Waals surface area contributed by atoms with Crippen LogP contribution in [0.4, 0.5) is 0 Å². The highest BCUT2D eigenvalue weighted by Crippen LogP contribution is 2.23. The third-order valence-electron chi connectivity index (χ3n) is 8.02. The molecule has 334 valence electrons. The van der Waals surface area contributed by atoms with Crippen LogP contribution in [0.3, 0.4) is 0 Å². The lowest BCUT2D eigenvalue weighted by Crippen LogP contribution is -2.51. The van der Waals surface area contributed by atoms with Crippen molar-refractivity contribution >= 4 is 69.0 Å². The predicted octanol–water partition coefficient (Wildman–Crippen LogP) is -4.38. The fraction of sp³-hybridized carbons (Fsp3) is 0.765. The van der Waals surface area contributed by atoms with Crippen molar-refractivity contribution in [3.63, 3.8) is 0 Å². The maximum atomic E-state index is 13.1. The van der Waals surface area contributed by atoms with Crippen LogP contribution in [0.5, 0.6) is 0 Å². The minimum Gasteiger partial charge on any atom is -0.480 e. The summed E-state index contributed by atoms with van der Waals surface area (Å²) in [6.07, 6.45) is 4.06. The fourth-order valence-corrected chi connectivity index (χ4v) is 6.91. The summed E-state index contributed by atoms with van der Waals surface area (Å²) in [5.74, 6) is -6.38. The normalized spacial score (nSPS) is 13.0. The lowest BCUT2D eigenvalue weighted by Gasteiger charge is -2.20. The van der Waals surface area contributed by atoms with Crippen molar-refractivity contribution in [3.8, 4) is 0 Å². The second-order valence-corrected chi connectivity index (χ2v) is 15.7. The van der Waals surface area contributed by atoms with Crippen molar-refractivity contribution in [3.05, 3.63) is 0 Å². The molecule has 4 unspecified atom stereocenters. The van der Waals surface area contributed by atoms with Gasteiger partial charge in [-0.1, -0.05) is 21.6 Å². The number of carbonyl (C=O) groups excluding carboxylic acids is 6. The van der Waals surface area contributed by atoms with Gasteiger partial charge in [-0.05, 0) is 90.6 Å². The van der Waals surface area contributed by atoms with E-state index in [0.717, 1.165) is 60.4 Å². The Labute approximate surface area is 347 Å². The molecule has 0 heterocycles. The molecule has 0 aliphatic rings. The van der Waals surface area contributed by atoms with Gasteiger partial charge in [0, 0.05) is 37.4 Å². The molecular weight excluding hydrogens is 801 g/mol. The van der Waals surface area contributed by atoms with Crippen LogP contribution in [0.2, 0.25) is 0 Å². The molecule has 0 aromatic heterocycles. The Bertz CT molecular complexity index is 1160. The summed E-state index contributed by atoms with van der Waals surface area (Å²) in [7, 11) is 2.10. The van der Waals surface area contributed by atoms with E-state index in [1.165, 1.54) is 0 Å². The molecule has 0 fully saturated rings. The average Bonchev–Trinajstić information content (AvgIpc) is 3.19. The highest BCUT2D eigenvalue weighted by Gasteiger charge is 2.26. The minimum absolute atomic E-state index is 0.0787. The third kappa shape index (κ3) is 30.3. The van der Waals surface area contributed by atoms with Gasteiger partial charge in [-0.15, -0.1) is 0 Å². The van der Waals surface area contributed by atoms with Crippen LogP contribution < -0.4 is 65.5 Å². The molecule has 18 N–H and O–H groups in total. The van der Waals surface area contributed by atoms with E-state index in [0.29, 0.717) is 52.1 Å². The lowest BCUT2D eigenvalue weighted by molar-refractivity contribution is -0.140. The summed E-state index contributed by atoms with van der Waals surface area (Å²) in [4.78, 5) is 98.4. The second kappa shape index (κ2) is 35.2. The summed E-state index contributed by atoms with van der Waals surface area (Å²) >= 11 is 0. The molecule has 22 nitrogen and oxygen atoms in total. The molecule has 0 saturated carbocycles. The third-order valence-corrected chi connectivity index (χ3v) is 10.4. The van der Waals surface area contributed by atoms with Gasteiger partial charge in [-0.25, -0.2) is 0 Å². The van der Waals surface area contributed by atoms with Crippen LogP contribution in [-0.2, 0) is 38.4 Å². The summed E-state index contributed by atoms with van der Waals surface area (Å²) in [6, 6.07) is -4.98. The first-order chi connectivity index (χ1) is 27.7. The molecule has 0 aliphatic heterocycles. The highest BCUT2D eigenvalue weighted by atomic mass is 33.1. The van der Waals surface area contributed by atoms with Crippen molar-refractivity contribution in [2.45, 2.75) is 88.4 Å². The standard InChI is InChI=1S/C34H66N12O10S2/c35-11-1-3-13-39-15-5-17-41-29(49)19-43-31(51)25(45-27(47)9-7-23(37)33(53)54)21-57-58-22-26(46-28(48)10-8-24(38)34(55)56)32(52)44-20-30(50)42-18-6-16-40-14-4-2-12-36/h23-26,39-40H,1-22,35-38H2,(H,41,49)(H,42,50)(H,43,51)(H,44,52)(H,45,47)(H,46,48)(H,53,54)(H,55,56). The highest BCUT2D eigenvalue weighted by molar-refractivity contribution is 8.76. The fourth-order valence-electron chi connectivity index (χ4n) is 4.58. The zero-order valence-corrected chi connectivity index (χ0v) is 34.8. The molecule has 0 radical (unpaired) electrons. The Morgan fingerprint density at radius 2 is 0.845 bits per heavy atom. The zero-order valence-electron chi connectivity index (χ0n) is 33.2. The van der Waals surface area contributed by atoms with Crippen molar-refractivity contribution in [1.29, 1.82) is 0 Å². The smallest absolute Gasteiger partial charge is 0.320 e. The average molecular weight is 867 g/mol. The van der Waals surface area contributed by atoms with E-state index in [9.17, 15) is 38.4 Å². The van der Waals surface area contributed by atoms with Gasteiger partial charge in [0.1, 0.15) is 24.2 Å². The molecule has 58 heavy (non-hydrogen) atoms. The molecule has 0 aliphatic carbocycles. The van der Waals surface area contributed by atoms with Crippen molar-refractivity contribution in [2.75, 3.05) is 77.0 Å². The van der Waals surface area contributed by atoms with E-state index >= 15 is 0 Å². The van der Waals surface area contributed by atoms with Gasteiger partial charge in [0.25, 0.3) is 0 Å². The number of carboxylic acids is 2. The Morgan fingerprint density at radius 1 is 0.483 bits per heavy atom. The van der Waals surface area contributed by atoms with E-state index in [4.69, 9.17) is 33.1 Å². The SMILES string of the molecule is NCCCCNCCCNC(=O)CNC(=O)C(CSSCC(NC(=O)CCC(N)C(=O)O)C(=O)NCC(=O)NCCCNCCCCN)NC(=O)CCC(N)C(=O)O. The Balaban J connectivity index is 5.32. The summed E-state index contributed by atoms with van der Waals surface area (Å²) in [5, 5.41) is 39.9. The van der Waals surface area contributed by atoms with E-state index in [1.54, 1.807) is 0 Å². The number of hydrogen-bond donors (Lipinski definition) is 14. The molecule has 24 heteroatoms. The van der Waals surface area contributed by atoms with Gasteiger partial charge < -0.3 is 75.7 Å². The number of carbonyl (C=O) groups is 8. The quantitative estimate of drug-likeness (QED) is 0.0207. The van der Waals surface area contributed by atoms with Crippen molar-refractivity contribution in [1.82, 2.24) is 42.5 Å². The first kappa shape index (κ1) is 54.2. The van der Waals surface area contributed by atoms with Crippen LogP contribution in [0, 0.1) is 0 Å². The van der Waals surface area contributed by atoms with Gasteiger partial charge in [-0.2, -0.15) is 0 Å². The Hall–Kier alpha value is -3.78. The van der Waals surface area contributed by atoms with Gasteiger partial charge in [0.2, 0.25) is 35.4 Å². The van der Waals surface area contributed by atoms with Crippen LogP contribution in [0.25, 0.3) is 0 Å². The maximum Gasteiger partial charge on any atom is 0.320 e. The number of aliphatic carboxylic acids is 2. The van der Waals surface area contributed by atoms with Gasteiger partial charge in [-0.3, -0.25) is 38.4 Å². The molecule has 0 rings (SSSR count). The molecular formula is C34H66N12O10S2. The first-order valence-electron chi connectivity index (χ1n) is 19.4. The predicted molar refractivity (Wildman–Crippen MR) is 222 cm³/mol. The number of carboxylic acid groups (broad SMARTS) is 2. The van der Waals surface area contributed by atoms with Crippen LogP contribution >= 0.6 is 21.6 Å². The van der Waals surface area contributed by atoms with Crippen LogP contribution in [-0.4, -0.2) is 159 Å². The van der Waals surface area contributed by atoms with Gasteiger partial charge >= 0.3 is 11.9 Å². The molecule has 0 saturated heterocycles. The largest absolute Gasteiger partial charge is 0.480 e. The van der Waals surface area contributed by atoms with Gasteiger partial charge in [0.05, 0.1) is 13.1 Å².